The van der Waals surface area contributed by atoms with Crippen molar-refractivity contribution in [3.8, 4) is 0 Å². The van der Waals surface area contributed by atoms with Crippen LogP contribution in [-0.4, -0.2) is 45.6 Å². The van der Waals surface area contributed by atoms with Gasteiger partial charge in [0.2, 0.25) is 10.0 Å². The Labute approximate surface area is 108 Å². The third-order valence-corrected chi connectivity index (χ3v) is 4.11. The van der Waals surface area contributed by atoms with Gasteiger partial charge in [-0.25, -0.2) is 13.1 Å². The minimum Gasteiger partial charge on any atom is -0.392 e. The fraction of sp³-hybridized carbons (Fsp3) is 0.500. The first kappa shape index (κ1) is 15.1. The van der Waals surface area contributed by atoms with Gasteiger partial charge in [-0.3, -0.25) is 0 Å². The molecule has 0 aromatic heterocycles. The van der Waals surface area contributed by atoms with E-state index in [1.165, 1.54) is 6.07 Å². The summed E-state index contributed by atoms with van der Waals surface area (Å²) in [7, 11) is 0.265. The Morgan fingerprint density at radius 2 is 2.00 bits per heavy atom. The molecule has 2 N–H and O–H groups in total. The molecular formula is C12H20N2O3S. The van der Waals surface area contributed by atoms with Gasteiger partial charge in [-0.05, 0) is 44.3 Å². The molecule has 0 aliphatic heterocycles. The van der Waals surface area contributed by atoms with Gasteiger partial charge >= 0.3 is 0 Å². The highest BCUT2D eigenvalue weighted by Crippen LogP contribution is 2.15. The lowest BCUT2D eigenvalue weighted by molar-refractivity contribution is 0.280. The summed E-state index contributed by atoms with van der Waals surface area (Å²) >= 11 is 0. The van der Waals surface area contributed by atoms with E-state index in [1.54, 1.807) is 12.1 Å². The molecule has 6 heteroatoms. The van der Waals surface area contributed by atoms with Crippen LogP contribution in [0.2, 0.25) is 0 Å². The molecule has 18 heavy (non-hydrogen) atoms. The van der Waals surface area contributed by atoms with E-state index >= 15 is 0 Å². The van der Waals surface area contributed by atoms with Crippen molar-refractivity contribution in [3.05, 3.63) is 29.3 Å². The number of likely N-dealkylation sites (N-methyl/N-ethyl adjacent to an activating group) is 1. The molecule has 0 heterocycles. The van der Waals surface area contributed by atoms with Crippen LogP contribution in [0.15, 0.2) is 23.1 Å². The van der Waals surface area contributed by atoms with Gasteiger partial charge in [0.25, 0.3) is 0 Å². The highest BCUT2D eigenvalue weighted by Gasteiger charge is 2.14. The summed E-state index contributed by atoms with van der Waals surface area (Å²) in [4.78, 5) is 2.09. The Morgan fingerprint density at radius 3 is 2.56 bits per heavy atom. The fourth-order valence-corrected chi connectivity index (χ4v) is 2.54. The van der Waals surface area contributed by atoms with E-state index in [-0.39, 0.29) is 11.5 Å². The van der Waals surface area contributed by atoms with Crippen LogP contribution >= 0.6 is 0 Å². The summed E-state index contributed by atoms with van der Waals surface area (Å²) < 4.78 is 26.5. The summed E-state index contributed by atoms with van der Waals surface area (Å²) in [5.41, 5.74) is 1.51. The van der Waals surface area contributed by atoms with E-state index < -0.39 is 10.0 Å². The maximum Gasteiger partial charge on any atom is 0.240 e. The molecule has 1 aromatic rings. The Hall–Kier alpha value is -0.950. The van der Waals surface area contributed by atoms with Crippen LogP contribution in [0, 0.1) is 6.92 Å². The SMILES string of the molecule is Cc1ccc(S(=O)(=O)NCCN(C)C)cc1CO. The zero-order valence-electron chi connectivity index (χ0n) is 11.0. The van der Waals surface area contributed by atoms with Gasteiger partial charge < -0.3 is 10.0 Å². The number of aliphatic hydroxyl groups excluding tert-OH is 1. The number of hydrogen-bond donors (Lipinski definition) is 2. The van der Waals surface area contributed by atoms with Crippen molar-refractivity contribution in [1.82, 2.24) is 9.62 Å². The van der Waals surface area contributed by atoms with E-state index in [9.17, 15) is 8.42 Å². The normalized spacial score (nSPS) is 12.1. The van der Waals surface area contributed by atoms with E-state index in [4.69, 9.17) is 5.11 Å². The molecule has 0 atom stereocenters. The first-order valence-corrected chi connectivity index (χ1v) is 7.20. The molecule has 5 nitrogen and oxygen atoms in total. The predicted molar refractivity (Wildman–Crippen MR) is 70.8 cm³/mol. The maximum atomic E-state index is 12.0. The Morgan fingerprint density at radius 1 is 1.33 bits per heavy atom. The molecule has 0 fully saturated rings. The first-order valence-electron chi connectivity index (χ1n) is 5.71. The van der Waals surface area contributed by atoms with Crippen LogP contribution in [0.3, 0.4) is 0 Å². The molecule has 0 spiro atoms. The quantitative estimate of drug-likeness (QED) is 0.783. The van der Waals surface area contributed by atoms with Gasteiger partial charge in [0.1, 0.15) is 0 Å². The summed E-state index contributed by atoms with van der Waals surface area (Å²) in [5, 5.41) is 9.14. The van der Waals surface area contributed by atoms with Gasteiger partial charge in [0.05, 0.1) is 11.5 Å². The smallest absolute Gasteiger partial charge is 0.240 e. The average molecular weight is 272 g/mol. The minimum atomic E-state index is -3.49. The molecule has 0 bridgehead atoms. The van der Waals surface area contributed by atoms with Crippen molar-refractivity contribution >= 4 is 10.0 Å². The summed E-state index contributed by atoms with van der Waals surface area (Å²) in [5.74, 6) is 0. The van der Waals surface area contributed by atoms with E-state index in [0.717, 1.165) is 5.56 Å². The van der Waals surface area contributed by atoms with Crippen LogP contribution in [0.4, 0.5) is 0 Å². The summed E-state index contributed by atoms with van der Waals surface area (Å²) in [6.07, 6.45) is 0. The highest BCUT2D eigenvalue weighted by molar-refractivity contribution is 7.89. The van der Waals surface area contributed by atoms with Crippen molar-refractivity contribution in [3.63, 3.8) is 0 Å². The topological polar surface area (TPSA) is 69.6 Å². The third kappa shape index (κ3) is 4.06. The third-order valence-electron chi connectivity index (χ3n) is 2.65. The predicted octanol–water partition coefficient (Wildman–Crippen LogP) is 0.327. The lowest BCUT2D eigenvalue weighted by Crippen LogP contribution is -2.31. The molecule has 0 radical (unpaired) electrons. The lowest BCUT2D eigenvalue weighted by atomic mass is 10.1. The second-order valence-corrected chi connectivity index (χ2v) is 6.21. The first-order chi connectivity index (χ1) is 8.36. The van der Waals surface area contributed by atoms with Crippen LogP contribution in [0.25, 0.3) is 0 Å². The molecule has 0 saturated carbocycles. The summed E-state index contributed by atoms with van der Waals surface area (Å²) in [6, 6.07) is 4.76. The number of nitrogens with one attached hydrogen (secondary N) is 1. The second kappa shape index (κ2) is 6.29. The van der Waals surface area contributed by atoms with Crippen LogP contribution in [0.5, 0.6) is 0 Å². The van der Waals surface area contributed by atoms with Crippen molar-refractivity contribution in [2.75, 3.05) is 27.2 Å². The van der Waals surface area contributed by atoms with Crippen LogP contribution in [-0.2, 0) is 16.6 Å². The molecule has 0 saturated heterocycles. The van der Waals surface area contributed by atoms with Gasteiger partial charge in [-0.15, -0.1) is 0 Å². The Kier molecular flexibility index (Phi) is 5.28. The molecule has 1 aromatic carbocycles. The molecule has 102 valence electrons. The monoisotopic (exact) mass is 272 g/mol. The number of benzene rings is 1. The van der Waals surface area contributed by atoms with Gasteiger partial charge in [0.15, 0.2) is 0 Å². The molecule has 0 aliphatic carbocycles. The number of hydrogen-bond acceptors (Lipinski definition) is 4. The van der Waals surface area contributed by atoms with Crippen molar-refractivity contribution in [2.45, 2.75) is 18.4 Å². The number of aliphatic hydroxyl groups is 1. The number of sulfonamides is 1. The van der Waals surface area contributed by atoms with Crippen LogP contribution < -0.4 is 4.72 Å². The van der Waals surface area contributed by atoms with Crippen molar-refractivity contribution in [2.24, 2.45) is 0 Å². The highest BCUT2D eigenvalue weighted by atomic mass is 32.2. The number of rotatable bonds is 6. The van der Waals surface area contributed by atoms with E-state index in [2.05, 4.69) is 4.72 Å². The largest absolute Gasteiger partial charge is 0.392 e. The second-order valence-electron chi connectivity index (χ2n) is 4.45. The molecule has 0 amide bonds. The summed E-state index contributed by atoms with van der Waals surface area (Å²) in [6.45, 7) is 2.67. The molecule has 1 rings (SSSR count). The zero-order chi connectivity index (χ0) is 13.8. The van der Waals surface area contributed by atoms with E-state index in [1.807, 2.05) is 25.9 Å². The van der Waals surface area contributed by atoms with Gasteiger partial charge in [-0.1, -0.05) is 6.07 Å². The zero-order valence-corrected chi connectivity index (χ0v) is 11.8. The van der Waals surface area contributed by atoms with E-state index in [0.29, 0.717) is 18.7 Å². The minimum absolute atomic E-state index is 0.160. The number of nitrogens with zero attached hydrogens (tertiary/aromatic N) is 1. The maximum absolute atomic E-state index is 12.0. The van der Waals surface area contributed by atoms with Crippen LogP contribution in [0.1, 0.15) is 11.1 Å². The molecular weight excluding hydrogens is 252 g/mol. The fourth-order valence-electron chi connectivity index (χ4n) is 1.47. The number of aryl methyl sites for hydroxylation is 1. The van der Waals surface area contributed by atoms with Crippen molar-refractivity contribution in [1.29, 1.82) is 0 Å². The molecule has 0 unspecified atom stereocenters. The standard InChI is InChI=1S/C12H20N2O3S/c1-10-4-5-12(8-11(10)9-15)18(16,17)13-6-7-14(2)3/h4-5,8,13,15H,6-7,9H2,1-3H3. The Bertz CT molecular complexity index is 498. The average Bonchev–Trinajstić information content (AvgIpc) is 2.28. The van der Waals surface area contributed by atoms with Gasteiger partial charge in [-0.2, -0.15) is 0 Å². The molecule has 0 aliphatic rings. The van der Waals surface area contributed by atoms with Crippen molar-refractivity contribution < 1.29 is 13.5 Å². The van der Waals surface area contributed by atoms with Gasteiger partial charge in [0, 0.05) is 13.1 Å². The Balaban J connectivity index is 2.85. The lowest BCUT2D eigenvalue weighted by Gasteiger charge is -2.12.